The fourth-order valence-electron chi connectivity index (χ4n) is 1.71. The van der Waals surface area contributed by atoms with Crippen LogP contribution in [0.3, 0.4) is 0 Å². The lowest BCUT2D eigenvalue weighted by Crippen LogP contribution is -2.19. The lowest BCUT2D eigenvalue weighted by atomic mass is 9.94. The minimum atomic E-state index is -0.282. The summed E-state index contributed by atoms with van der Waals surface area (Å²) in [5.74, 6) is -0.0843. The van der Waals surface area contributed by atoms with Gasteiger partial charge in [-0.15, -0.1) is 0 Å². The van der Waals surface area contributed by atoms with Crippen molar-refractivity contribution in [2.75, 3.05) is 0 Å². The molecule has 2 unspecified atom stereocenters. The van der Waals surface area contributed by atoms with Crippen LogP contribution in [0.1, 0.15) is 31.4 Å². The summed E-state index contributed by atoms with van der Waals surface area (Å²) in [6.07, 6.45) is 1.12. The van der Waals surface area contributed by atoms with Crippen molar-refractivity contribution >= 4 is 17.5 Å². The maximum Gasteiger partial charge on any atom is 0.217 e. The average Bonchev–Trinajstić information content (AvgIpc) is 2.16. The molecular weight excluding hydrogens is 224 g/mol. The molecule has 0 radical (unpaired) electrons. The van der Waals surface area contributed by atoms with Gasteiger partial charge in [0.05, 0.1) is 0 Å². The van der Waals surface area contributed by atoms with Crippen molar-refractivity contribution in [2.45, 2.75) is 25.8 Å². The first kappa shape index (κ1) is 13.0. The van der Waals surface area contributed by atoms with Crippen molar-refractivity contribution in [1.82, 2.24) is 0 Å². The molecule has 4 heteroatoms. The van der Waals surface area contributed by atoms with E-state index in [2.05, 4.69) is 0 Å². The van der Waals surface area contributed by atoms with Crippen LogP contribution >= 0.6 is 11.6 Å². The molecule has 1 aromatic rings. The quantitative estimate of drug-likeness (QED) is 0.829. The van der Waals surface area contributed by atoms with E-state index < -0.39 is 0 Å². The fraction of sp³-hybridized carbons (Fsp3) is 0.417. The zero-order valence-electron chi connectivity index (χ0n) is 9.32. The van der Waals surface area contributed by atoms with Crippen LogP contribution in [0.2, 0.25) is 5.02 Å². The Kier molecular flexibility index (Phi) is 4.77. The maximum atomic E-state index is 10.7. The normalized spacial score (nSPS) is 14.4. The molecule has 0 fully saturated rings. The molecule has 88 valence electrons. The molecule has 0 aliphatic rings. The molecule has 0 heterocycles. The van der Waals surface area contributed by atoms with Gasteiger partial charge in [-0.25, -0.2) is 0 Å². The monoisotopic (exact) mass is 240 g/mol. The van der Waals surface area contributed by atoms with Crippen molar-refractivity contribution in [2.24, 2.45) is 17.4 Å². The third kappa shape index (κ3) is 4.21. The van der Waals surface area contributed by atoms with Gasteiger partial charge in [-0.3, -0.25) is 4.79 Å². The number of rotatable bonds is 5. The van der Waals surface area contributed by atoms with Crippen LogP contribution < -0.4 is 11.5 Å². The zero-order valence-corrected chi connectivity index (χ0v) is 10.1. The lowest BCUT2D eigenvalue weighted by molar-refractivity contribution is -0.118. The predicted octanol–water partition coefficient (Wildman–Crippen LogP) is 2.24. The number of amides is 1. The van der Waals surface area contributed by atoms with Gasteiger partial charge in [-0.05, 0) is 30.0 Å². The minimum Gasteiger partial charge on any atom is -0.370 e. The molecule has 1 amide bonds. The Labute approximate surface area is 101 Å². The number of nitrogens with two attached hydrogens (primary N) is 2. The summed E-state index contributed by atoms with van der Waals surface area (Å²) in [7, 11) is 0. The van der Waals surface area contributed by atoms with Crippen molar-refractivity contribution in [3.05, 3.63) is 34.9 Å². The van der Waals surface area contributed by atoms with E-state index in [1.54, 1.807) is 0 Å². The third-order valence-corrected chi connectivity index (χ3v) is 2.76. The van der Waals surface area contributed by atoms with Gasteiger partial charge in [0.2, 0.25) is 5.91 Å². The predicted molar refractivity (Wildman–Crippen MR) is 66.0 cm³/mol. The first-order valence-electron chi connectivity index (χ1n) is 5.28. The first-order chi connectivity index (χ1) is 7.49. The van der Waals surface area contributed by atoms with Gasteiger partial charge in [0, 0.05) is 17.5 Å². The standard InChI is InChI=1S/C12H17ClN2O/c1-8(7-12(15)16)6-11(14)9-2-4-10(13)5-3-9/h2-5,8,11H,6-7,14H2,1H3,(H2,15,16). The van der Waals surface area contributed by atoms with Crippen molar-refractivity contribution in [3.8, 4) is 0 Å². The second-order valence-corrected chi connectivity index (χ2v) is 4.61. The SMILES string of the molecule is CC(CC(N)=O)CC(N)c1ccc(Cl)cc1. The Morgan fingerprint density at radius 1 is 1.38 bits per heavy atom. The van der Waals surface area contributed by atoms with Crippen LogP contribution in [0.4, 0.5) is 0 Å². The molecule has 0 bridgehead atoms. The molecule has 0 aliphatic heterocycles. The number of carbonyl (C=O) groups excluding carboxylic acids is 1. The minimum absolute atomic E-state index is 0.0772. The maximum absolute atomic E-state index is 10.7. The van der Waals surface area contributed by atoms with Gasteiger partial charge in [0.1, 0.15) is 0 Å². The van der Waals surface area contributed by atoms with E-state index in [0.717, 1.165) is 12.0 Å². The number of hydrogen-bond acceptors (Lipinski definition) is 2. The summed E-state index contributed by atoms with van der Waals surface area (Å²) >= 11 is 5.79. The first-order valence-corrected chi connectivity index (χ1v) is 5.66. The van der Waals surface area contributed by atoms with Crippen molar-refractivity contribution in [3.63, 3.8) is 0 Å². The van der Waals surface area contributed by atoms with E-state index in [1.165, 1.54) is 0 Å². The summed E-state index contributed by atoms with van der Waals surface area (Å²) in [6, 6.07) is 7.37. The second-order valence-electron chi connectivity index (χ2n) is 4.17. The Morgan fingerprint density at radius 3 is 2.44 bits per heavy atom. The third-order valence-electron chi connectivity index (χ3n) is 2.50. The molecule has 3 nitrogen and oxygen atoms in total. The van der Waals surface area contributed by atoms with Crippen LogP contribution in [-0.2, 0) is 4.79 Å². The van der Waals surface area contributed by atoms with Crippen LogP contribution in [0.15, 0.2) is 24.3 Å². The second kappa shape index (κ2) is 5.87. The molecule has 0 spiro atoms. The Hall–Kier alpha value is -1.06. The highest BCUT2D eigenvalue weighted by Gasteiger charge is 2.12. The van der Waals surface area contributed by atoms with Crippen molar-refractivity contribution in [1.29, 1.82) is 0 Å². The topological polar surface area (TPSA) is 69.1 Å². The molecule has 1 aromatic carbocycles. The summed E-state index contributed by atoms with van der Waals surface area (Å²) < 4.78 is 0. The smallest absolute Gasteiger partial charge is 0.217 e. The van der Waals surface area contributed by atoms with E-state index in [-0.39, 0.29) is 17.9 Å². The summed E-state index contributed by atoms with van der Waals surface area (Å²) in [5.41, 5.74) is 12.2. The molecule has 0 aromatic heterocycles. The Bertz CT molecular complexity index is 351. The summed E-state index contributed by atoms with van der Waals surface area (Å²) in [4.78, 5) is 10.7. The number of primary amides is 1. The number of carbonyl (C=O) groups is 1. The van der Waals surface area contributed by atoms with Crippen LogP contribution in [-0.4, -0.2) is 5.91 Å². The highest BCUT2D eigenvalue weighted by Crippen LogP contribution is 2.22. The molecule has 1 rings (SSSR count). The largest absolute Gasteiger partial charge is 0.370 e. The van der Waals surface area contributed by atoms with Gasteiger partial charge in [-0.1, -0.05) is 30.7 Å². The van der Waals surface area contributed by atoms with Gasteiger partial charge in [0.15, 0.2) is 0 Å². The molecule has 0 aliphatic carbocycles. The summed E-state index contributed by atoms with van der Waals surface area (Å²) in [5, 5.41) is 0.695. The van der Waals surface area contributed by atoms with E-state index >= 15 is 0 Å². The van der Waals surface area contributed by atoms with Gasteiger partial charge in [0.25, 0.3) is 0 Å². The van der Waals surface area contributed by atoms with E-state index in [4.69, 9.17) is 23.1 Å². The Balaban J connectivity index is 2.54. The molecule has 2 atom stereocenters. The number of hydrogen-bond donors (Lipinski definition) is 2. The van der Waals surface area contributed by atoms with E-state index in [1.807, 2.05) is 31.2 Å². The average molecular weight is 241 g/mol. The van der Waals surface area contributed by atoms with Crippen LogP contribution in [0, 0.1) is 5.92 Å². The highest BCUT2D eigenvalue weighted by atomic mass is 35.5. The lowest BCUT2D eigenvalue weighted by Gasteiger charge is -2.16. The van der Waals surface area contributed by atoms with Crippen LogP contribution in [0.5, 0.6) is 0 Å². The molecular formula is C12H17ClN2O. The van der Waals surface area contributed by atoms with Gasteiger partial charge >= 0.3 is 0 Å². The highest BCUT2D eigenvalue weighted by molar-refractivity contribution is 6.30. The Morgan fingerprint density at radius 2 is 1.94 bits per heavy atom. The number of halogens is 1. The fourth-order valence-corrected chi connectivity index (χ4v) is 1.83. The molecule has 0 saturated carbocycles. The van der Waals surface area contributed by atoms with Crippen molar-refractivity contribution < 1.29 is 4.79 Å². The van der Waals surface area contributed by atoms with E-state index in [9.17, 15) is 4.79 Å². The van der Waals surface area contributed by atoms with E-state index in [0.29, 0.717) is 11.4 Å². The number of benzene rings is 1. The molecule has 16 heavy (non-hydrogen) atoms. The van der Waals surface area contributed by atoms with Gasteiger partial charge in [-0.2, -0.15) is 0 Å². The summed E-state index contributed by atoms with van der Waals surface area (Å²) in [6.45, 7) is 1.97. The van der Waals surface area contributed by atoms with Gasteiger partial charge < -0.3 is 11.5 Å². The molecule has 4 N–H and O–H groups in total. The van der Waals surface area contributed by atoms with Crippen LogP contribution in [0.25, 0.3) is 0 Å². The molecule has 0 saturated heterocycles. The zero-order chi connectivity index (χ0) is 12.1.